The van der Waals surface area contributed by atoms with Gasteiger partial charge in [0.2, 0.25) is 17.8 Å². The Balaban J connectivity index is 1.57. The van der Waals surface area contributed by atoms with Gasteiger partial charge in [0.15, 0.2) is 11.5 Å². The maximum Gasteiger partial charge on any atom is 0.269 e. The van der Waals surface area contributed by atoms with Crippen molar-refractivity contribution in [2.24, 2.45) is 5.10 Å². The highest BCUT2D eigenvalue weighted by atomic mass is 16.6. The Kier molecular flexibility index (Phi) is 7.54. The lowest BCUT2D eigenvalue weighted by Crippen LogP contribution is -2.07. The molecule has 0 unspecified atom stereocenters. The second-order valence-corrected chi connectivity index (χ2v) is 7.39. The number of anilines is 5. The molecule has 1 heterocycles. The summed E-state index contributed by atoms with van der Waals surface area (Å²) >= 11 is 0. The monoisotopic (exact) mass is 502 g/mol. The first-order valence-corrected chi connectivity index (χ1v) is 10.8. The van der Waals surface area contributed by atoms with Gasteiger partial charge < -0.3 is 25.2 Å². The molecular formula is C24H22N8O5. The van der Waals surface area contributed by atoms with Crippen LogP contribution in [-0.4, -0.2) is 45.4 Å². The van der Waals surface area contributed by atoms with E-state index < -0.39 is 4.92 Å². The number of non-ortho nitro benzene ring substituents is 1. The largest absolute Gasteiger partial charge is 0.504 e. The fraction of sp³-hybridized carbons (Fsp3) is 0.0833. The van der Waals surface area contributed by atoms with Crippen molar-refractivity contribution in [1.29, 1.82) is 0 Å². The van der Waals surface area contributed by atoms with E-state index in [2.05, 4.69) is 36.1 Å². The highest BCUT2D eigenvalue weighted by Gasteiger charge is 2.10. The number of methoxy groups -OCH3 is 2. The minimum atomic E-state index is -0.480. The molecule has 0 amide bonds. The molecule has 0 fully saturated rings. The fourth-order valence-corrected chi connectivity index (χ4v) is 3.09. The Morgan fingerprint density at radius 3 is 2.00 bits per heavy atom. The highest BCUT2D eigenvalue weighted by Crippen LogP contribution is 2.26. The number of benzene rings is 3. The van der Waals surface area contributed by atoms with Crippen LogP contribution in [0.5, 0.6) is 17.2 Å². The molecule has 4 rings (SSSR count). The molecule has 0 saturated carbocycles. The van der Waals surface area contributed by atoms with Gasteiger partial charge in [-0.3, -0.25) is 10.1 Å². The molecule has 4 aromatic rings. The van der Waals surface area contributed by atoms with Crippen LogP contribution in [0.2, 0.25) is 0 Å². The zero-order chi connectivity index (χ0) is 26.2. The average molecular weight is 502 g/mol. The summed E-state index contributed by atoms with van der Waals surface area (Å²) in [6.45, 7) is 0. The van der Waals surface area contributed by atoms with Crippen molar-refractivity contribution in [2.75, 3.05) is 30.3 Å². The first-order valence-electron chi connectivity index (χ1n) is 10.8. The average Bonchev–Trinajstić information content (AvgIpc) is 2.89. The maximum absolute atomic E-state index is 10.9. The number of phenols is 1. The van der Waals surface area contributed by atoms with Gasteiger partial charge in [-0.25, -0.2) is 5.43 Å². The fourth-order valence-electron chi connectivity index (χ4n) is 3.09. The summed E-state index contributed by atoms with van der Waals surface area (Å²) in [5, 5.41) is 31.1. The molecule has 188 valence electrons. The lowest BCUT2D eigenvalue weighted by molar-refractivity contribution is -0.384. The Bertz CT molecular complexity index is 1410. The standard InChI is InChI=1S/C24H22N8O5/c1-36-19-10-6-17(7-11-19)27-23-28-22(26-16-4-8-18(9-5-16)32(34)35)29-24(30-23)31-25-14-15-3-12-21(37-2)20(33)13-15/h3-14,33H,1-2H3,(H3,26,27,28,29,30,31). The van der Waals surface area contributed by atoms with Gasteiger partial charge in [-0.05, 0) is 60.2 Å². The molecule has 13 heteroatoms. The van der Waals surface area contributed by atoms with Gasteiger partial charge in [0, 0.05) is 23.5 Å². The van der Waals surface area contributed by atoms with E-state index >= 15 is 0 Å². The number of hydrogen-bond donors (Lipinski definition) is 4. The van der Waals surface area contributed by atoms with Gasteiger partial charge in [0.05, 0.1) is 25.4 Å². The number of hydrogen-bond acceptors (Lipinski definition) is 12. The number of ether oxygens (including phenoxy) is 2. The molecule has 4 N–H and O–H groups in total. The van der Waals surface area contributed by atoms with E-state index in [4.69, 9.17) is 9.47 Å². The Morgan fingerprint density at radius 1 is 0.865 bits per heavy atom. The molecule has 0 aliphatic carbocycles. The third-order valence-electron chi connectivity index (χ3n) is 4.90. The zero-order valence-electron chi connectivity index (χ0n) is 19.7. The Hall–Kier alpha value is -5.46. The van der Waals surface area contributed by atoms with E-state index in [0.717, 1.165) is 0 Å². The number of aromatic nitrogens is 3. The maximum atomic E-state index is 10.9. The zero-order valence-corrected chi connectivity index (χ0v) is 19.7. The number of nitrogens with one attached hydrogen (secondary N) is 3. The Morgan fingerprint density at radius 2 is 1.46 bits per heavy atom. The highest BCUT2D eigenvalue weighted by molar-refractivity contribution is 5.81. The SMILES string of the molecule is COc1ccc(Nc2nc(NN=Cc3ccc(OC)c(O)c3)nc(Nc3ccc([N+](=O)[O-])cc3)n2)cc1. The molecule has 0 bridgehead atoms. The minimum absolute atomic E-state index is 0.0211. The van der Waals surface area contributed by atoms with Crippen molar-refractivity contribution in [2.45, 2.75) is 0 Å². The number of nitro benzene ring substituents is 1. The summed E-state index contributed by atoms with van der Waals surface area (Å²) in [7, 11) is 3.04. The molecular weight excluding hydrogens is 480 g/mol. The van der Waals surface area contributed by atoms with Crippen molar-refractivity contribution >= 4 is 41.1 Å². The quantitative estimate of drug-likeness (QED) is 0.137. The van der Waals surface area contributed by atoms with Crippen LogP contribution < -0.4 is 25.5 Å². The first kappa shape index (κ1) is 24.7. The molecule has 3 aromatic carbocycles. The van der Waals surface area contributed by atoms with Crippen molar-refractivity contribution in [3.63, 3.8) is 0 Å². The summed E-state index contributed by atoms with van der Waals surface area (Å²) in [6.07, 6.45) is 1.48. The van der Waals surface area contributed by atoms with E-state index in [1.165, 1.54) is 31.5 Å². The van der Waals surface area contributed by atoms with Gasteiger partial charge in [-0.15, -0.1) is 0 Å². The molecule has 13 nitrogen and oxygen atoms in total. The van der Waals surface area contributed by atoms with E-state index in [1.54, 1.807) is 55.6 Å². The number of hydrazone groups is 1. The van der Waals surface area contributed by atoms with Gasteiger partial charge >= 0.3 is 0 Å². The molecule has 0 spiro atoms. The van der Waals surface area contributed by atoms with Crippen molar-refractivity contribution in [1.82, 2.24) is 15.0 Å². The van der Waals surface area contributed by atoms with Crippen molar-refractivity contribution in [3.05, 3.63) is 82.4 Å². The van der Waals surface area contributed by atoms with Crippen LogP contribution in [0.25, 0.3) is 0 Å². The number of nitro groups is 1. The first-order chi connectivity index (χ1) is 17.9. The van der Waals surface area contributed by atoms with Crippen molar-refractivity contribution < 1.29 is 19.5 Å². The van der Waals surface area contributed by atoms with Crippen LogP contribution in [-0.2, 0) is 0 Å². The molecule has 37 heavy (non-hydrogen) atoms. The number of nitrogens with zero attached hydrogens (tertiary/aromatic N) is 5. The van der Waals surface area contributed by atoms with Gasteiger partial charge in [0.1, 0.15) is 5.75 Å². The van der Waals surface area contributed by atoms with Crippen LogP contribution in [0.3, 0.4) is 0 Å². The van der Waals surface area contributed by atoms with Crippen molar-refractivity contribution in [3.8, 4) is 17.2 Å². The molecule has 0 saturated heterocycles. The number of rotatable bonds is 10. The smallest absolute Gasteiger partial charge is 0.269 e. The summed E-state index contributed by atoms with van der Waals surface area (Å²) < 4.78 is 10.2. The second kappa shape index (κ2) is 11.3. The Labute approximate surface area is 211 Å². The predicted molar refractivity (Wildman–Crippen MR) is 138 cm³/mol. The lowest BCUT2D eigenvalue weighted by Gasteiger charge is -2.10. The summed E-state index contributed by atoms with van der Waals surface area (Å²) in [5.74, 6) is 1.52. The summed E-state index contributed by atoms with van der Waals surface area (Å²) in [6, 6.07) is 17.8. The van der Waals surface area contributed by atoms with E-state index in [-0.39, 0.29) is 29.3 Å². The van der Waals surface area contributed by atoms with Crippen LogP contribution in [0.1, 0.15) is 5.56 Å². The number of phenolic OH excluding ortho intramolecular Hbond substituents is 1. The number of aromatic hydroxyl groups is 1. The summed E-state index contributed by atoms with van der Waals surface area (Å²) in [5.41, 5.74) is 4.56. The van der Waals surface area contributed by atoms with Crippen LogP contribution in [0.15, 0.2) is 71.8 Å². The van der Waals surface area contributed by atoms with E-state index in [0.29, 0.717) is 28.4 Å². The van der Waals surface area contributed by atoms with Crippen LogP contribution >= 0.6 is 0 Å². The third kappa shape index (κ3) is 6.57. The van der Waals surface area contributed by atoms with Gasteiger partial charge in [-0.2, -0.15) is 20.1 Å². The van der Waals surface area contributed by atoms with Gasteiger partial charge in [0.25, 0.3) is 5.69 Å². The normalized spacial score (nSPS) is 10.6. The van der Waals surface area contributed by atoms with E-state index in [9.17, 15) is 15.2 Å². The van der Waals surface area contributed by atoms with E-state index in [1.807, 2.05) is 0 Å². The summed E-state index contributed by atoms with van der Waals surface area (Å²) in [4.78, 5) is 23.5. The lowest BCUT2D eigenvalue weighted by atomic mass is 10.2. The van der Waals surface area contributed by atoms with Crippen LogP contribution in [0, 0.1) is 10.1 Å². The molecule has 1 aromatic heterocycles. The minimum Gasteiger partial charge on any atom is -0.504 e. The molecule has 0 radical (unpaired) electrons. The third-order valence-corrected chi connectivity index (χ3v) is 4.90. The predicted octanol–water partition coefficient (Wildman–Crippen LogP) is 4.44. The molecule has 0 aliphatic rings. The van der Waals surface area contributed by atoms with Gasteiger partial charge in [-0.1, -0.05) is 0 Å². The topological polar surface area (TPSA) is 169 Å². The second-order valence-electron chi connectivity index (χ2n) is 7.39. The molecule has 0 atom stereocenters. The molecule has 0 aliphatic heterocycles. The van der Waals surface area contributed by atoms with Crippen LogP contribution in [0.4, 0.5) is 34.9 Å².